The molecular formula is C20H25ClN2O4. The third-order valence-corrected chi connectivity index (χ3v) is 4.64. The minimum atomic E-state index is -0.272. The normalized spacial score (nSPS) is 11.8. The first-order valence-corrected chi connectivity index (χ1v) is 8.80. The Balaban J connectivity index is 2.25. The van der Waals surface area contributed by atoms with E-state index in [-0.39, 0.29) is 11.9 Å². The molecule has 1 N–H and O–H groups in total. The number of carbonyl (C=O) groups excluding carboxylic acids is 1. The van der Waals surface area contributed by atoms with Gasteiger partial charge in [0.15, 0.2) is 11.5 Å². The first-order valence-electron chi connectivity index (χ1n) is 8.42. The lowest BCUT2D eigenvalue weighted by Crippen LogP contribution is -2.34. The molecule has 0 heterocycles. The number of rotatable bonds is 8. The number of nitrogens with one attached hydrogen (secondary N) is 1. The van der Waals surface area contributed by atoms with Gasteiger partial charge in [-0.25, -0.2) is 0 Å². The van der Waals surface area contributed by atoms with E-state index in [1.165, 1.54) is 21.3 Å². The summed E-state index contributed by atoms with van der Waals surface area (Å²) in [4.78, 5) is 14.8. The lowest BCUT2D eigenvalue weighted by Gasteiger charge is -2.26. The molecule has 0 aromatic heterocycles. The molecule has 6 nitrogen and oxygen atoms in total. The number of benzene rings is 2. The second-order valence-electron chi connectivity index (χ2n) is 6.09. The fourth-order valence-electron chi connectivity index (χ4n) is 2.88. The third kappa shape index (κ3) is 4.64. The van der Waals surface area contributed by atoms with Crippen molar-refractivity contribution in [2.75, 3.05) is 42.0 Å². The van der Waals surface area contributed by atoms with Crippen molar-refractivity contribution in [3.05, 3.63) is 52.5 Å². The molecule has 0 aliphatic rings. The Morgan fingerprint density at radius 3 is 2.26 bits per heavy atom. The summed E-state index contributed by atoms with van der Waals surface area (Å²) in [5, 5.41) is 3.62. The standard InChI is InChI=1S/C20H25ClN2O4/c1-23(2)16(13-8-6-7-9-15(13)21)12-22-20(24)14-10-11-17(25-3)19(27-5)18(14)26-4/h6-11,16H,12H2,1-5H3,(H,22,24)/t16-/m0/s1. The fourth-order valence-corrected chi connectivity index (χ4v) is 3.14. The number of methoxy groups -OCH3 is 3. The second-order valence-corrected chi connectivity index (χ2v) is 6.50. The summed E-state index contributed by atoms with van der Waals surface area (Å²) >= 11 is 6.33. The molecule has 0 aliphatic heterocycles. The van der Waals surface area contributed by atoms with Crippen molar-refractivity contribution in [2.24, 2.45) is 0 Å². The number of hydrogen-bond acceptors (Lipinski definition) is 5. The summed E-state index contributed by atoms with van der Waals surface area (Å²) in [5.74, 6) is 0.927. The second kappa shape index (κ2) is 9.48. The van der Waals surface area contributed by atoms with Crippen LogP contribution in [0.3, 0.4) is 0 Å². The molecule has 0 aliphatic carbocycles. The molecular weight excluding hydrogens is 368 g/mol. The van der Waals surface area contributed by atoms with Crippen molar-refractivity contribution in [1.82, 2.24) is 10.2 Å². The van der Waals surface area contributed by atoms with Gasteiger partial charge in [0.1, 0.15) is 0 Å². The van der Waals surface area contributed by atoms with Gasteiger partial charge in [0.2, 0.25) is 5.75 Å². The van der Waals surface area contributed by atoms with Gasteiger partial charge in [0.25, 0.3) is 5.91 Å². The molecule has 0 saturated heterocycles. The summed E-state index contributed by atoms with van der Waals surface area (Å²) in [6.07, 6.45) is 0. The minimum absolute atomic E-state index is 0.0752. The van der Waals surface area contributed by atoms with Crippen LogP contribution < -0.4 is 19.5 Å². The predicted molar refractivity (Wildman–Crippen MR) is 106 cm³/mol. The van der Waals surface area contributed by atoms with E-state index >= 15 is 0 Å². The van der Waals surface area contributed by atoms with E-state index in [0.717, 1.165) is 5.56 Å². The quantitative estimate of drug-likeness (QED) is 0.746. The van der Waals surface area contributed by atoms with Crippen molar-refractivity contribution in [2.45, 2.75) is 6.04 Å². The van der Waals surface area contributed by atoms with Crippen LogP contribution in [0, 0.1) is 0 Å². The van der Waals surface area contributed by atoms with Crippen LogP contribution in [0.15, 0.2) is 36.4 Å². The highest BCUT2D eigenvalue weighted by Gasteiger charge is 2.23. The van der Waals surface area contributed by atoms with Crippen LogP contribution in [0.1, 0.15) is 22.0 Å². The molecule has 146 valence electrons. The summed E-state index contributed by atoms with van der Waals surface area (Å²) in [6.45, 7) is 0.382. The van der Waals surface area contributed by atoms with Crippen LogP contribution in [-0.4, -0.2) is 52.8 Å². The zero-order chi connectivity index (χ0) is 20.0. The number of likely N-dealkylation sites (N-methyl/N-ethyl adjacent to an activating group) is 1. The van der Waals surface area contributed by atoms with Gasteiger partial charge < -0.3 is 24.4 Å². The van der Waals surface area contributed by atoms with E-state index in [1.807, 2.05) is 43.3 Å². The Morgan fingerprint density at radius 2 is 1.70 bits per heavy atom. The summed E-state index contributed by atoms with van der Waals surface area (Å²) in [5.41, 5.74) is 1.32. The first-order chi connectivity index (χ1) is 12.9. The Bertz CT molecular complexity index is 796. The summed E-state index contributed by atoms with van der Waals surface area (Å²) < 4.78 is 16.0. The monoisotopic (exact) mass is 392 g/mol. The molecule has 1 atom stereocenters. The average molecular weight is 393 g/mol. The Labute approximate surface area is 165 Å². The average Bonchev–Trinajstić information content (AvgIpc) is 2.67. The highest BCUT2D eigenvalue weighted by atomic mass is 35.5. The molecule has 2 rings (SSSR count). The Hall–Kier alpha value is -2.44. The number of nitrogens with zero attached hydrogens (tertiary/aromatic N) is 1. The van der Waals surface area contributed by atoms with Crippen LogP contribution in [-0.2, 0) is 0 Å². The van der Waals surface area contributed by atoms with Gasteiger partial charge >= 0.3 is 0 Å². The van der Waals surface area contributed by atoms with Crippen LogP contribution in [0.25, 0.3) is 0 Å². The lowest BCUT2D eigenvalue weighted by molar-refractivity contribution is 0.0938. The van der Waals surface area contributed by atoms with Crippen molar-refractivity contribution >= 4 is 17.5 Å². The number of carbonyl (C=O) groups is 1. The maximum absolute atomic E-state index is 12.8. The number of halogens is 1. The lowest BCUT2D eigenvalue weighted by atomic mass is 10.1. The van der Waals surface area contributed by atoms with Gasteiger partial charge in [0, 0.05) is 11.6 Å². The van der Waals surface area contributed by atoms with Gasteiger partial charge in [-0.05, 0) is 37.9 Å². The van der Waals surface area contributed by atoms with E-state index in [0.29, 0.717) is 34.4 Å². The van der Waals surface area contributed by atoms with Gasteiger partial charge in [-0.15, -0.1) is 0 Å². The summed E-state index contributed by atoms with van der Waals surface area (Å²) in [7, 11) is 8.40. The zero-order valence-corrected chi connectivity index (χ0v) is 17.0. The Morgan fingerprint density at radius 1 is 1.04 bits per heavy atom. The van der Waals surface area contributed by atoms with Crippen molar-refractivity contribution in [1.29, 1.82) is 0 Å². The maximum atomic E-state index is 12.8. The van der Waals surface area contributed by atoms with Crippen molar-refractivity contribution in [3.63, 3.8) is 0 Å². The zero-order valence-electron chi connectivity index (χ0n) is 16.2. The smallest absolute Gasteiger partial charge is 0.255 e. The Kier molecular flexibility index (Phi) is 7.33. The first kappa shape index (κ1) is 20.9. The van der Waals surface area contributed by atoms with Crippen LogP contribution in [0.2, 0.25) is 5.02 Å². The van der Waals surface area contributed by atoms with Crippen molar-refractivity contribution < 1.29 is 19.0 Å². The van der Waals surface area contributed by atoms with Crippen LogP contribution in [0.4, 0.5) is 0 Å². The molecule has 0 fully saturated rings. The topological polar surface area (TPSA) is 60.0 Å². The molecule has 0 spiro atoms. The fraction of sp³-hybridized carbons (Fsp3) is 0.350. The van der Waals surface area contributed by atoms with E-state index in [9.17, 15) is 4.79 Å². The third-order valence-electron chi connectivity index (χ3n) is 4.29. The predicted octanol–water partition coefficient (Wildman–Crippen LogP) is 3.40. The maximum Gasteiger partial charge on any atom is 0.255 e. The highest BCUT2D eigenvalue weighted by Crippen LogP contribution is 2.39. The number of ether oxygens (including phenoxy) is 3. The van der Waals surface area contributed by atoms with E-state index in [1.54, 1.807) is 12.1 Å². The minimum Gasteiger partial charge on any atom is -0.493 e. The number of amides is 1. The molecule has 7 heteroatoms. The molecule has 1 amide bonds. The molecule has 0 radical (unpaired) electrons. The van der Waals surface area contributed by atoms with E-state index in [2.05, 4.69) is 5.32 Å². The van der Waals surface area contributed by atoms with Crippen LogP contribution >= 0.6 is 11.6 Å². The highest BCUT2D eigenvalue weighted by molar-refractivity contribution is 6.31. The number of hydrogen-bond donors (Lipinski definition) is 1. The van der Waals surface area contributed by atoms with Crippen molar-refractivity contribution in [3.8, 4) is 17.2 Å². The van der Waals surface area contributed by atoms with E-state index < -0.39 is 0 Å². The molecule has 0 bridgehead atoms. The van der Waals surface area contributed by atoms with Gasteiger partial charge in [-0.3, -0.25) is 4.79 Å². The summed E-state index contributed by atoms with van der Waals surface area (Å²) in [6, 6.07) is 10.9. The molecule has 0 saturated carbocycles. The molecule has 0 unspecified atom stereocenters. The SMILES string of the molecule is COc1ccc(C(=O)NC[C@@H](c2ccccc2Cl)N(C)C)c(OC)c1OC. The molecule has 2 aromatic carbocycles. The molecule has 2 aromatic rings. The van der Waals surface area contributed by atoms with Crippen LogP contribution in [0.5, 0.6) is 17.2 Å². The van der Waals surface area contributed by atoms with Gasteiger partial charge in [0.05, 0.1) is 32.9 Å². The largest absolute Gasteiger partial charge is 0.493 e. The van der Waals surface area contributed by atoms with Gasteiger partial charge in [-0.2, -0.15) is 0 Å². The van der Waals surface area contributed by atoms with Gasteiger partial charge in [-0.1, -0.05) is 29.8 Å². The molecule has 27 heavy (non-hydrogen) atoms. The van der Waals surface area contributed by atoms with E-state index in [4.69, 9.17) is 25.8 Å².